The van der Waals surface area contributed by atoms with E-state index in [9.17, 15) is 0 Å². The monoisotopic (exact) mass is 179 g/mol. The fraction of sp³-hybridized carbons (Fsp3) is 0.364. The van der Waals surface area contributed by atoms with Crippen molar-refractivity contribution in [1.82, 2.24) is 0 Å². The van der Waals surface area contributed by atoms with Gasteiger partial charge in [-0.15, -0.1) is 0 Å². The SMILES string of the molecule is Clc1cccc([C]2CCCC2)c1. The van der Waals surface area contributed by atoms with E-state index in [-0.39, 0.29) is 0 Å². The molecule has 0 saturated heterocycles. The quantitative estimate of drug-likeness (QED) is 0.615. The largest absolute Gasteiger partial charge is 0.0843 e. The van der Waals surface area contributed by atoms with Crippen LogP contribution in [0.15, 0.2) is 24.3 Å². The second kappa shape index (κ2) is 3.49. The highest BCUT2D eigenvalue weighted by Crippen LogP contribution is 2.33. The molecule has 1 saturated carbocycles. The second-order valence-electron chi connectivity index (χ2n) is 3.32. The minimum atomic E-state index is 0.854. The van der Waals surface area contributed by atoms with Crippen molar-refractivity contribution in [3.05, 3.63) is 40.8 Å². The smallest absolute Gasteiger partial charge is 0.0408 e. The van der Waals surface area contributed by atoms with E-state index in [2.05, 4.69) is 12.1 Å². The average Bonchev–Trinajstić information content (AvgIpc) is 2.56. The molecule has 0 nitrogen and oxygen atoms in total. The molecule has 0 atom stereocenters. The molecule has 1 aromatic carbocycles. The zero-order chi connectivity index (χ0) is 8.39. The molecule has 0 aliphatic heterocycles. The van der Waals surface area contributed by atoms with Crippen molar-refractivity contribution in [2.75, 3.05) is 0 Å². The Balaban J connectivity index is 2.21. The summed E-state index contributed by atoms with van der Waals surface area (Å²) in [6, 6.07) is 8.19. The maximum atomic E-state index is 5.91. The Morgan fingerprint density at radius 3 is 2.50 bits per heavy atom. The summed E-state index contributed by atoms with van der Waals surface area (Å²) in [5, 5.41) is 0.854. The van der Waals surface area contributed by atoms with Crippen LogP contribution in [-0.4, -0.2) is 0 Å². The molecule has 2 rings (SSSR count). The van der Waals surface area contributed by atoms with E-state index >= 15 is 0 Å². The highest BCUT2D eigenvalue weighted by Gasteiger charge is 2.17. The summed E-state index contributed by atoms with van der Waals surface area (Å²) in [6.45, 7) is 0. The lowest BCUT2D eigenvalue weighted by Gasteiger charge is -2.07. The van der Waals surface area contributed by atoms with Crippen molar-refractivity contribution in [2.24, 2.45) is 0 Å². The Labute approximate surface area is 78.6 Å². The number of rotatable bonds is 1. The first-order valence-corrected chi connectivity index (χ1v) is 4.85. The standard InChI is InChI=1S/C11H12Cl/c12-11-7-3-6-10(8-11)9-4-1-2-5-9/h3,6-8H,1-2,4-5H2. The summed E-state index contributed by atoms with van der Waals surface area (Å²) in [5.41, 5.74) is 1.35. The van der Waals surface area contributed by atoms with Gasteiger partial charge in [0.1, 0.15) is 0 Å². The highest BCUT2D eigenvalue weighted by atomic mass is 35.5. The third-order valence-electron chi connectivity index (χ3n) is 2.44. The summed E-state index contributed by atoms with van der Waals surface area (Å²) < 4.78 is 0. The Morgan fingerprint density at radius 1 is 1.08 bits per heavy atom. The van der Waals surface area contributed by atoms with Crippen LogP contribution in [0.4, 0.5) is 0 Å². The third kappa shape index (κ3) is 1.64. The van der Waals surface area contributed by atoms with Gasteiger partial charge in [-0.1, -0.05) is 36.6 Å². The number of halogens is 1. The lowest BCUT2D eigenvalue weighted by Crippen LogP contribution is -1.91. The van der Waals surface area contributed by atoms with Crippen LogP contribution in [0, 0.1) is 5.92 Å². The molecular formula is C11H12Cl. The Hall–Kier alpha value is -0.490. The molecule has 1 aliphatic rings. The maximum absolute atomic E-state index is 5.91. The van der Waals surface area contributed by atoms with Gasteiger partial charge in [0.15, 0.2) is 0 Å². The lowest BCUT2D eigenvalue weighted by atomic mass is 9.98. The van der Waals surface area contributed by atoms with E-state index in [1.165, 1.54) is 31.2 Å². The van der Waals surface area contributed by atoms with Crippen LogP contribution in [0.3, 0.4) is 0 Å². The molecule has 0 aromatic heterocycles. The van der Waals surface area contributed by atoms with Crippen LogP contribution in [0.2, 0.25) is 5.02 Å². The minimum Gasteiger partial charge on any atom is -0.0843 e. The molecule has 0 bridgehead atoms. The van der Waals surface area contributed by atoms with Crippen molar-refractivity contribution >= 4 is 11.6 Å². The molecule has 1 fully saturated rings. The number of benzene rings is 1. The summed E-state index contributed by atoms with van der Waals surface area (Å²) in [7, 11) is 0. The van der Waals surface area contributed by atoms with Crippen molar-refractivity contribution in [3.63, 3.8) is 0 Å². The summed E-state index contributed by atoms with van der Waals surface area (Å²) in [6.07, 6.45) is 5.23. The molecule has 0 heterocycles. The predicted molar refractivity (Wildman–Crippen MR) is 52.3 cm³/mol. The van der Waals surface area contributed by atoms with Gasteiger partial charge in [0.2, 0.25) is 0 Å². The molecule has 0 spiro atoms. The van der Waals surface area contributed by atoms with Gasteiger partial charge in [-0.05, 0) is 30.5 Å². The molecule has 12 heavy (non-hydrogen) atoms. The zero-order valence-electron chi connectivity index (χ0n) is 7.02. The topological polar surface area (TPSA) is 0 Å². The molecule has 0 amide bonds. The second-order valence-corrected chi connectivity index (χ2v) is 3.76. The van der Waals surface area contributed by atoms with Crippen molar-refractivity contribution in [2.45, 2.75) is 25.7 Å². The summed E-state index contributed by atoms with van der Waals surface area (Å²) >= 11 is 5.91. The zero-order valence-corrected chi connectivity index (χ0v) is 7.77. The van der Waals surface area contributed by atoms with Crippen LogP contribution >= 0.6 is 11.6 Å². The van der Waals surface area contributed by atoms with Crippen LogP contribution in [0.25, 0.3) is 0 Å². The molecular weight excluding hydrogens is 168 g/mol. The van der Waals surface area contributed by atoms with E-state index in [1.54, 1.807) is 5.92 Å². The normalized spacial score (nSPS) is 18.4. The predicted octanol–water partition coefficient (Wildman–Crippen LogP) is 3.84. The minimum absolute atomic E-state index is 0.854. The molecule has 1 heteroatoms. The lowest BCUT2D eigenvalue weighted by molar-refractivity contribution is 0.886. The van der Waals surface area contributed by atoms with Crippen LogP contribution in [0.5, 0.6) is 0 Å². The fourth-order valence-electron chi connectivity index (χ4n) is 1.80. The Morgan fingerprint density at radius 2 is 1.83 bits per heavy atom. The molecule has 1 radical (unpaired) electrons. The highest BCUT2D eigenvalue weighted by molar-refractivity contribution is 6.30. The van der Waals surface area contributed by atoms with E-state index in [0.29, 0.717) is 0 Å². The van der Waals surface area contributed by atoms with E-state index in [1.807, 2.05) is 12.1 Å². The van der Waals surface area contributed by atoms with Gasteiger partial charge in [-0.2, -0.15) is 0 Å². The van der Waals surface area contributed by atoms with E-state index in [0.717, 1.165) is 5.02 Å². The van der Waals surface area contributed by atoms with Gasteiger partial charge in [0.25, 0.3) is 0 Å². The number of hydrogen-bond donors (Lipinski definition) is 0. The van der Waals surface area contributed by atoms with Crippen LogP contribution < -0.4 is 0 Å². The van der Waals surface area contributed by atoms with Gasteiger partial charge < -0.3 is 0 Å². The third-order valence-corrected chi connectivity index (χ3v) is 2.68. The summed E-state index contributed by atoms with van der Waals surface area (Å²) in [4.78, 5) is 0. The molecule has 1 aromatic rings. The van der Waals surface area contributed by atoms with Gasteiger partial charge in [-0.3, -0.25) is 0 Å². The molecule has 0 N–H and O–H groups in total. The van der Waals surface area contributed by atoms with Gasteiger partial charge in [0.05, 0.1) is 0 Å². The molecule has 1 aliphatic carbocycles. The fourth-order valence-corrected chi connectivity index (χ4v) is 1.99. The van der Waals surface area contributed by atoms with Crippen LogP contribution in [0.1, 0.15) is 31.2 Å². The van der Waals surface area contributed by atoms with Crippen molar-refractivity contribution in [3.8, 4) is 0 Å². The average molecular weight is 180 g/mol. The van der Waals surface area contributed by atoms with Gasteiger partial charge >= 0.3 is 0 Å². The maximum Gasteiger partial charge on any atom is 0.0408 e. The van der Waals surface area contributed by atoms with Crippen molar-refractivity contribution < 1.29 is 0 Å². The Bertz CT molecular complexity index is 261. The molecule has 63 valence electrons. The van der Waals surface area contributed by atoms with Gasteiger partial charge in [-0.25, -0.2) is 0 Å². The first kappa shape index (κ1) is 8.12. The van der Waals surface area contributed by atoms with Crippen molar-refractivity contribution in [1.29, 1.82) is 0 Å². The van der Waals surface area contributed by atoms with Crippen LogP contribution in [-0.2, 0) is 0 Å². The first-order valence-electron chi connectivity index (χ1n) is 4.47. The van der Waals surface area contributed by atoms with E-state index in [4.69, 9.17) is 11.6 Å². The summed E-state index contributed by atoms with van der Waals surface area (Å²) in [5.74, 6) is 1.58. The Kier molecular flexibility index (Phi) is 2.36. The number of hydrogen-bond acceptors (Lipinski definition) is 0. The van der Waals surface area contributed by atoms with E-state index < -0.39 is 0 Å². The molecule has 0 unspecified atom stereocenters. The van der Waals surface area contributed by atoms with Gasteiger partial charge in [0, 0.05) is 10.9 Å². The first-order chi connectivity index (χ1) is 5.86.